The van der Waals surface area contributed by atoms with E-state index in [1.165, 1.54) is 18.6 Å². The second-order valence-corrected chi connectivity index (χ2v) is 6.69. The average molecular weight is 368 g/mol. The fourth-order valence-corrected chi connectivity index (χ4v) is 3.18. The fourth-order valence-electron chi connectivity index (χ4n) is 3.18. The third-order valence-electron chi connectivity index (χ3n) is 4.94. The number of nitrogens with zero attached hydrogens (tertiary/aromatic N) is 4. The molecule has 1 saturated heterocycles. The van der Waals surface area contributed by atoms with Crippen molar-refractivity contribution in [2.75, 3.05) is 33.3 Å². The van der Waals surface area contributed by atoms with Gasteiger partial charge >= 0.3 is 0 Å². The first-order valence-electron chi connectivity index (χ1n) is 8.96. The summed E-state index contributed by atoms with van der Waals surface area (Å²) in [5.41, 5.74) is 3.50. The minimum atomic E-state index is -0.147. The van der Waals surface area contributed by atoms with Gasteiger partial charge in [-0.25, -0.2) is 4.98 Å². The van der Waals surface area contributed by atoms with Crippen LogP contribution in [0.15, 0.2) is 30.7 Å². The minimum absolute atomic E-state index is 0.0446. The number of rotatable bonds is 4. The zero-order valence-electron chi connectivity index (χ0n) is 15.9. The van der Waals surface area contributed by atoms with Crippen LogP contribution in [0.2, 0.25) is 0 Å². The molecule has 0 atom stereocenters. The molecule has 0 aliphatic carbocycles. The van der Waals surface area contributed by atoms with Crippen LogP contribution in [0, 0.1) is 13.8 Å². The molecule has 0 radical (unpaired) electrons. The van der Waals surface area contributed by atoms with Crippen molar-refractivity contribution in [2.24, 2.45) is 0 Å². The Morgan fingerprint density at radius 1 is 1.04 bits per heavy atom. The van der Waals surface area contributed by atoms with E-state index in [0.717, 1.165) is 22.4 Å². The van der Waals surface area contributed by atoms with E-state index in [9.17, 15) is 9.59 Å². The van der Waals surface area contributed by atoms with Gasteiger partial charge in [0.25, 0.3) is 5.91 Å². The molecule has 1 aliphatic heterocycles. The number of piperazine rings is 1. The first kappa shape index (κ1) is 18.8. The van der Waals surface area contributed by atoms with E-state index in [2.05, 4.69) is 9.97 Å². The van der Waals surface area contributed by atoms with Crippen LogP contribution >= 0.6 is 0 Å². The van der Waals surface area contributed by atoms with Gasteiger partial charge in [0, 0.05) is 44.1 Å². The number of methoxy groups -OCH3 is 1. The lowest BCUT2D eigenvalue weighted by molar-refractivity contribution is -0.131. The van der Waals surface area contributed by atoms with E-state index in [0.29, 0.717) is 38.3 Å². The predicted molar refractivity (Wildman–Crippen MR) is 101 cm³/mol. The smallest absolute Gasteiger partial charge is 0.274 e. The summed E-state index contributed by atoms with van der Waals surface area (Å²) in [5, 5.41) is 0. The van der Waals surface area contributed by atoms with Crippen molar-refractivity contribution in [3.05, 3.63) is 53.1 Å². The largest absolute Gasteiger partial charge is 0.496 e. The summed E-state index contributed by atoms with van der Waals surface area (Å²) in [6.07, 6.45) is 4.80. The summed E-state index contributed by atoms with van der Waals surface area (Å²) in [4.78, 5) is 36.6. The predicted octanol–water partition coefficient (Wildman–Crippen LogP) is 1.63. The standard InChI is InChI=1S/C20H24N4O3/c1-14-10-16(18(27-3)11-15(14)2)12-19(25)23-6-8-24(9-7-23)20(26)17-13-21-4-5-22-17/h4-5,10-11,13H,6-9,12H2,1-3H3. The molecular formula is C20H24N4O3. The van der Waals surface area contributed by atoms with Crippen molar-refractivity contribution in [1.82, 2.24) is 19.8 Å². The Balaban J connectivity index is 1.61. The number of aromatic nitrogens is 2. The maximum atomic E-state index is 12.7. The lowest BCUT2D eigenvalue weighted by Crippen LogP contribution is -2.51. The lowest BCUT2D eigenvalue weighted by atomic mass is 10.0. The SMILES string of the molecule is COc1cc(C)c(C)cc1CC(=O)N1CCN(C(=O)c2cnccn2)CC1. The second kappa shape index (κ2) is 8.16. The highest BCUT2D eigenvalue weighted by molar-refractivity contribution is 5.92. The fraction of sp³-hybridized carbons (Fsp3) is 0.400. The van der Waals surface area contributed by atoms with Gasteiger partial charge in [0.1, 0.15) is 11.4 Å². The first-order valence-corrected chi connectivity index (χ1v) is 8.96. The normalized spacial score (nSPS) is 14.2. The van der Waals surface area contributed by atoms with Crippen LogP contribution < -0.4 is 4.74 Å². The van der Waals surface area contributed by atoms with E-state index in [4.69, 9.17) is 4.74 Å². The molecule has 2 amide bonds. The Morgan fingerprint density at radius 3 is 2.33 bits per heavy atom. The molecule has 1 fully saturated rings. The Kier molecular flexibility index (Phi) is 5.69. The Labute approximate surface area is 159 Å². The van der Waals surface area contributed by atoms with E-state index < -0.39 is 0 Å². The molecular weight excluding hydrogens is 344 g/mol. The molecule has 1 aromatic carbocycles. The second-order valence-electron chi connectivity index (χ2n) is 6.69. The van der Waals surface area contributed by atoms with Crippen LogP contribution in [0.25, 0.3) is 0 Å². The molecule has 7 heteroatoms. The van der Waals surface area contributed by atoms with E-state index >= 15 is 0 Å². The van der Waals surface area contributed by atoms with E-state index in [-0.39, 0.29) is 11.8 Å². The highest BCUT2D eigenvalue weighted by Gasteiger charge is 2.26. The summed E-state index contributed by atoms with van der Waals surface area (Å²) in [6, 6.07) is 3.98. The molecule has 142 valence electrons. The molecule has 0 unspecified atom stereocenters. The highest BCUT2D eigenvalue weighted by atomic mass is 16.5. The number of amides is 2. The highest BCUT2D eigenvalue weighted by Crippen LogP contribution is 2.24. The van der Waals surface area contributed by atoms with Gasteiger partial charge in [-0.05, 0) is 31.0 Å². The van der Waals surface area contributed by atoms with Crippen LogP contribution in [0.1, 0.15) is 27.2 Å². The van der Waals surface area contributed by atoms with Crippen LogP contribution in [0.4, 0.5) is 0 Å². The van der Waals surface area contributed by atoms with E-state index in [1.54, 1.807) is 16.9 Å². The molecule has 7 nitrogen and oxygen atoms in total. The summed E-state index contributed by atoms with van der Waals surface area (Å²) in [6.45, 7) is 6.06. The third-order valence-corrected chi connectivity index (χ3v) is 4.94. The minimum Gasteiger partial charge on any atom is -0.496 e. The van der Waals surface area contributed by atoms with Gasteiger partial charge in [0.05, 0.1) is 19.7 Å². The van der Waals surface area contributed by atoms with Gasteiger partial charge in [-0.15, -0.1) is 0 Å². The van der Waals surface area contributed by atoms with Gasteiger partial charge in [-0.1, -0.05) is 6.07 Å². The molecule has 0 N–H and O–H groups in total. The van der Waals surface area contributed by atoms with Gasteiger partial charge in [-0.3, -0.25) is 14.6 Å². The van der Waals surface area contributed by atoms with Crippen molar-refractivity contribution in [3.8, 4) is 5.75 Å². The van der Waals surface area contributed by atoms with Crippen molar-refractivity contribution in [3.63, 3.8) is 0 Å². The summed E-state index contributed by atoms with van der Waals surface area (Å²) in [5.74, 6) is 0.636. The molecule has 27 heavy (non-hydrogen) atoms. The quantitative estimate of drug-likeness (QED) is 0.820. The first-order chi connectivity index (χ1) is 13.0. The molecule has 1 aromatic heterocycles. The maximum absolute atomic E-state index is 12.7. The number of ether oxygens (including phenoxy) is 1. The van der Waals surface area contributed by atoms with Crippen molar-refractivity contribution >= 4 is 11.8 Å². The lowest BCUT2D eigenvalue weighted by Gasteiger charge is -2.34. The molecule has 2 aromatic rings. The van der Waals surface area contributed by atoms with Crippen LogP contribution in [0.5, 0.6) is 5.75 Å². The molecule has 3 rings (SSSR count). The van der Waals surface area contributed by atoms with Gasteiger partial charge in [0.2, 0.25) is 5.91 Å². The van der Waals surface area contributed by atoms with Gasteiger partial charge in [-0.2, -0.15) is 0 Å². The molecule has 0 spiro atoms. The molecule has 0 saturated carbocycles. The number of aryl methyl sites for hydroxylation is 2. The van der Waals surface area contributed by atoms with Crippen molar-refractivity contribution in [2.45, 2.75) is 20.3 Å². The van der Waals surface area contributed by atoms with Crippen LogP contribution in [-0.4, -0.2) is 64.9 Å². The zero-order valence-corrected chi connectivity index (χ0v) is 15.9. The number of benzene rings is 1. The summed E-state index contributed by atoms with van der Waals surface area (Å²) < 4.78 is 5.43. The van der Waals surface area contributed by atoms with Crippen LogP contribution in [-0.2, 0) is 11.2 Å². The third kappa shape index (κ3) is 4.24. The number of hydrogen-bond acceptors (Lipinski definition) is 5. The monoisotopic (exact) mass is 368 g/mol. The van der Waals surface area contributed by atoms with Crippen LogP contribution in [0.3, 0.4) is 0 Å². The number of carbonyl (C=O) groups is 2. The molecule has 0 bridgehead atoms. The zero-order chi connectivity index (χ0) is 19.4. The number of hydrogen-bond donors (Lipinski definition) is 0. The number of carbonyl (C=O) groups excluding carboxylic acids is 2. The maximum Gasteiger partial charge on any atom is 0.274 e. The summed E-state index contributed by atoms with van der Waals surface area (Å²) in [7, 11) is 1.62. The molecule has 1 aliphatic rings. The van der Waals surface area contributed by atoms with E-state index in [1.807, 2.05) is 26.0 Å². The van der Waals surface area contributed by atoms with Gasteiger partial charge in [0.15, 0.2) is 0 Å². The Hall–Kier alpha value is -2.96. The average Bonchev–Trinajstić information content (AvgIpc) is 2.70. The summed E-state index contributed by atoms with van der Waals surface area (Å²) >= 11 is 0. The van der Waals surface area contributed by atoms with Crippen molar-refractivity contribution < 1.29 is 14.3 Å². The van der Waals surface area contributed by atoms with Crippen molar-refractivity contribution in [1.29, 1.82) is 0 Å². The topological polar surface area (TPSA) is 75.6 Å². The Morgan fingerprint density at radius 2 is 1.70 bits per heavy atom. The Bertz CT molecular complexity index is 831. The van der Waals surface area contributed by atoms with Gasteiger partial charge < -0.3 is 14.5 Å². The molecule has 2 heterocycles.